The number of hydrogen-bond donors (Lipinski definition) is 1. The van der Waals surface area contributed by atoms with E-state index in [0.29, 0.717) is 5.82 Å². The van der Waals surface area contributed by atoms with E-state index in [1.54, 1.807) is 0 Å². The smallest absolute Gasteiger partial charge is 0.141 e. The lowest BCUT2D eigenvalue weighted by Gasteiger charge is -2.26. The molecule has 0 bridgehead atoms. The zero-order chi connectivity index (χ0) is 9.97. The molecule has 0 spiro atoms. The lowest BCUT2D eigenvalue weighted by atomic mass is 9.83. The lowest BCUT2D eigenvalue weighted by Crippen LogP contribution is -2.16. The van der Waals surface area contributed by atoms with Gasteiger partial charge in [0.2, 0.25) is 0 Å². The Kier molecular flexibility index (Phi) is 2.75. The lowest BCUT2D eigenvalue weighted by molar-refractivity contribution is 0.265. The van der Waals surface area contributed by atoms with Crippen LogP contribution in [-0.2, 0) is 6.54 Å². The molecule has 78 valence electrons. The molecule has 0 unspecified atom stereocenters. The third kappa shape index (κ3) is 2.28. The summed E-state index contributed by atoms with van der Waals surface area (Å²) in [6.45, 7) is 3.45. The number of nitrogens with two attached hydrogens (primary N) is 1. The Labute approximate surface area is 85.3 Å². The molecule has 1 aliphatic carbocycles. The number of nitrogen functional groups attached to an aromatic ring is 1. The van der Waals surface area contributed by atoms with Crippen molar-refractivity contribution < 1.29 is 0 Å². The van der Waals surface area contributed by atoms with Gasteiger partial charge in [-0.1, -0.05) is 19.8 Å². The topological polar surface area (TPSA) is 43.8 Å². The Morgan fingerprint density at radius 1 is 1.43 bits per heavy atom. The van der Waals surface area contributed by atoms with E-state index in [-0.39, 0.29) is 0 Å². The fourth-order valence-electron chi connectivity index (χ4n) is 2.29. The number of anilines is 1. The second kappa shape index (κ2) is 4.03. The van der Waals surface area contributed by atoms with E-state index in [4.69, 9.17) is 5.73 Å². The molecule has 2 N–H and O–H groups in total. The molecule has 0 saturated heterocycles. The fraction of sp³-hybridized carbons (Fsp3) is 0.727. The fourth-order valence-corrected chi connectivity index (χ4v) is 2.29. The maximum atomic E-state index is 5.57. The van der Waals surface area contributed by atoms with Gasteiger partial charge in [0.25, 0.3) is 0 Å². The second-order valence-electron chi connectivity index (χ2n) is 4.62. The monoisotopic (exact) mass is 193 g/mol. The van der Waals surface area contributed by atoms with Crippen LogP contribution >= 0.6 is 0 Å². The molecule has 0 radical (unpaired) electrons. The van der Waals surface area contributed by atoms with Crippen molar-refractivity contribution in [3.05, 3.63) is 12.5 Å². The Morgan fingerprint density at radius 2 is 2.14 bits per heavy atom. The molecule has 0 aliphatic heterocycles. The van der Waals surface area contributed by atoms with Crippen molar-refractivity contribution in [2.45, 2.75) is 39.2 Å². The molecular formula is C11H19N3. The van der Waals surface area contributed by atoms with Gasteiger partial charge in [0.1, 0.15) is 5.82 Å². The first-order valence-electron chi connectivity index (χ1n) is 5.51. The summed E-state index contributed by atoms with van der Waals surface area (Å²) in [6.07, 6.45) is 9.26. The van der Waals surface area contributed by atoms with E-state index in [1.165, 1.54) is 25.7 Å². The summed E-state index contributed by atoms with van der Waals surface area (Å²) in [7, 11) is 0. The average Bonchev–Trinajstić information content (AvgIpc) is 2.56. The summed E-state index contributed by atoms with van der Waals surface area (Å²) in [5.74, 6) is 2.40. The molecule has 14 heavy (non-hydrogen) atoms. The first kappa shape index (κ1) is 9.56. The van der Waals surface area contributed by atoms with Gasteiger partial charge in [-0.15, -0.1) is 0 Å². The van der Waals surface area contributed by atoms with Crippen LogP contribution in [0.5, 0.6) is 0 Å². The molecule has 1 saturated carbocycles. The van der Waals surface area contributed by atoms with Crippen LogP contribution < -0.4 is 5.73 Å². The van der Waals surface area contributed by atoms with E-state index in [2.05, 4.69) is 16.5 Å². The van der Waals surface area contributed by atoms with Gasteiger partial charge in [-0.25, -0.2) is 4.98 Å². The van der Waals surface area contributed by atoms with Gasteiger partial charge in [-0.05, 0) is 24.7 Å². The highest BCUT2D eigenvalue weighted by Crippen LogP contribution is 2.29. The van der Waals surface area contributed by atoms with Gasteiger partial charge in [0, 0.05) is 12.7 Å². The zero-order valence-electron chi connectivity index (χ0n) is 8.82. The third-order valence-electron chi connectivity index (χ3n) is 3.26. The van der Waals surface area contributed by atoms with Crippen molar-refractivity contribution in [3.8, 4) is 0 Å². The number of hydrogen-bond acceptors (Lipinski definition) is 2. The van der Waals surface area contributed by atoms with E-state index in [1.807, 2.05) is 12.5 Å². The zero-order valence-corrected chi connectivity index (χ0v) is 8.82. The SMILES string of the molecule is CC1CCC(Cn2cnc(N)c2)CC1. The quantitative estimate of drug-likeness (QED) is 0.783. The number of rotatable bonds is 2. The van der Waals surface area contributed by atoms with Crippen LogP contribution in [0.2, 0.25) is 0 Å². The van der Waals surface area contributed by atoms with Crippen LogP contribution in [-0.4, -0.2) is 9.55 Å². The van der Waals surface area contributed by atoms with E-state index >= 15 is 0 Å². The molecule has 1 aromatic rings. The molecule has 2 rings (SSSR count). The maximum Gasteiger partial charge on any atom is 0.141 e. The van der Waals surface area contributed by atoms with Crippen molar-refractivity contribution >= 4 is 5.82 Å². The Hall–Kier alpha value is -0.990. The minimum Gasteiger partial charge on any atom is -0.382 e. The normalized spacial score (nSPS) is 27.8. The van der Waals surface area contributed by atoms with Crippen molar-refractivity contribution in [2.24, 2.45) is 11.8 Å². The molecule has 1 fully saturated rings. The highest BCUT2D eigenvalue weighted by Gasteiger charge is 2.18. The summed E-state index contributed by atoms with van der Waals surface area (Å²) < 4.78 is 2.12. The number of aromatic nitrogens is 2. The Bertz CT molecular complexity index is 284. The van der Waals surface area contributed by atoms with Crippen molar-refractivity contribution in [2.75, 3.05) is 5.73 Å². The van der Waals surface area contributed by atoms with Crippen molar-refractivity contribution in [1.29, 1.82) is 0 Å². The predicted molar refractivity (Wildman–Crippen MR) is 57.8 cm³/mol. The summed E-state index contributed by atoms with van der Waals surface area (Å²) >= 11 is 0. The van der Waals surface area contributed by atoms with E-state index < -0.39 is 0 Å². The molecule has 1 aliphatic rings. The maximum absolute atomic E-state index is 5.57. The van der Waals surface area contributed by atoms with Crippen molar-refractivity contribution in [1.82, 2.24) is 9.55 Å². The predicted octanol–water partition coefficient (Wildman–Crippen LogP) is 2.29. The van der Waals surface area contributed by atoms with Gasteiger partial charge in [0.15, 0.2) is 0 Å². The highest BCUT2D eigenvalue weighted by molar-refractivity contribution is 5.22. The number of imidazole rings is 1. The van der Waals surface area contributed by atoms with Crippen LogP contribution in [0.3, 0.4) is 0 Å². The van der Waals surface area contributed by atoms with Gasteiger partial charge < -0.3 is 10.3 Å². The van der Waals surface area contributed by atoms with Crippen LogP contribution in [0, 0.1) is 11.8 Å². The molecule has 3 heteroatoms. The third-order valence-corrected chi connectivity index (χ3v) is 3.26. The molecule has 1 aromatic heterocycles. The molecule has 0 aromatic carbocycles. The minimum atomic E-state index is 0.633. The van der Waals surface area contributed by atoms with Gasteiger partial charge in [-0.2, -0.15) is 0 Å². The van der Waals surface area contributed by atoms with Gasteiger partial charge >= 0.3 is 0 Å². The molecule has 0 atom stereocenters. The van der Waals surface area contributed by atoms with E-state index in [0.717, 1.165) is 18.4 Å². The molecule has 1 heterocycles. The summed E-state index contributed by atoms with van der Waals surface area (Å²) in [6, 6.07) is 0. The minimum absolute atomic E-state index is 0.633. The average molecular weight is 193 g/mol. The molecular weight excluding hydrogens is 174 g/mol. The van der Waals surface area contributed by atoms with Crippen LogP contribution in [0.1, 0.15) is 32.6 Å². The highest BCUT2D eigenvalue weighted by atomic mass is 15.1. The standard InChI is InChI=1S/C11H19N3/c1-9-2-4-10(5-3-9)6-14-7-11(12)13-8-14/h7-10H,2-6,12H2,1H3. The first-order chi connectivity index (χ1) is 6.74. The largest absolute Gasteiger partial charge is 0.382 e. The Morgan fingerprint density at radius 3 is 2.71 bits per heavy atom. The Balaban J connectivity index is 1.86. The van der Waals surface area contributed by atoms with Crippen LogP contribution in [0.25, 0.3) is 0 Å². The van der Waals surface area contributed by atoms with Crippen molar-refractivity contribution in [3.63, 3.8) is 0 Å². The number of nitrogens with zero attached hydrogens (tertiary/aromatic N) is 2. The van der Waals surface area contributed by atoms with Crippen LogP contribution in [0.15, 0.2) is 12.5 Å². The summed E-state index contributed by atoms with van der Waals surface area (Å²) in [4.78, 5) is 4.04. The molecule has 3 nitrogen and oxygen atoms in total. The van der Waals surface area contributed by atoms with Crippen LogP contribution in [0.4, 0.5) is 5.82 Å². The summed E-state index contributed by atoms with van der Waals surface area (Å²) in [5.41, 5.74) is 5.57. The van der Waals surface area contributed by atoms with Gasteiger partial charge in [-0.3, -0.25) is 0 Å². The summed E-state index contributed by atoms with van der Waals surface area (Å²) in [5, 5.41) is 0. The first-order valence-corrected chi connectivity index (χ1v) is 5.51. The van der Waals surface area contributed by atoms with E-state index in [9.17, 15) is 0 Å². The molecule has 0 amide bonds. The van der Waals surface area contributed by atoms with Gasteiger partial charge in [0.05, 0.1) is 6.33 Å². The second-order valence-corrected chi connectivity index (χ2v) is 4.62.